The SMILES string of the molecule is NNC(=O)CCCCOc1ccc2cc(Br)ccc2c1. The number of carbonyl (C=O) groups is 1. The maximum atomic E-state index is 10.9. The third kappa shape index (κ3) is 4.21. The molecule has 0 aliphatic rings. The molecule has 20 heavy (non-hydrogen) atoms. The second-order valence-corrected chi connectivity index (χ2v) is 5.44. The molecule has 0 heterocycles. The zero-order chi connectivity index (χ0) is 14.4. The van der Waals surface area contributed by atoms with E-state index in [2.05, 4.69) is 33.5 Å². The van der Waals surface area contributed by atoms with Gasteiger partial charge in [-0.15, -0.1) is 0 Å². The number of hydrazine groups is 1. The van der Waals surface area contributed by atoms with E-state index in [1.165, 1.54) is 5.39 Å². The van der Waals surface area contributed by atoms with E-state index < -0.39 is 0 Å². The number of rotatable bonds is 6. The maximum Gasteiger partial charge on any atom is 0.233 e. The number of hydrogen-bond acceptors (Lipinski definition) is 3. The molecule has 2 aromatic carbocycles. The van der Waals surface area contributed by atoms with Gasteiger partial charge < -0.3 is 4.74 Å². The minimum atomic E-state index is -0.138. The molecule has 0 radical (unpaired) electrons. The van der Waals surface area contributed by atoms with Gasteiger partial charge >= 0.3 is 0 Å². The quantitative estimate of drug-likeness (QED) is 0.368. The van der Waals surface area contributed by atoms with Gasteiger partial charge in [-0.25, -0.2) is 5.84 Å². The molecular formula is C15H17BrN2O2. The Kier molecular flexibility index (Phi) is 5.38. The second kappa shape index (κ2) is 7.26. The molecule has 0 saturated carbocycles. The Balaban J connectivity index is 1.84. The molecule has 106 valence electrons. The Bertz CT molecular complexity index is 601. The molecule has 0 spiro atoms. The molecular weight excluding hydrogens is 320 g/mol. The number of fused-ring (bicyclic) bond motifs is 1. The summed E-state index contributed by atoms with van der Waals surface area (Å²) in [5.41, 5.74) is 2.11. The summed E-state index contributed by atoms with van der Waals surface area (Å²) in [6.07, 6.45) is 2.03. The second-order valence-electron chi connectivity index (χ2n) is 4.53. The Morgan fingerprint density at radius 1 is 1.15 bits per heavy atom. The van der Waals surface area contributed by atoms with Crippen LogP contribution < -0.4 is 16.0 Å². The zero-order valence-corrected chi connectivity index (χ0v) is 12.7. The van der Waals surface area contributed by atoms with Crippen LogP contribution in [-0.2, 0) is 4.79 Å². The van der Waals surface area contributed by atoms with E-state index in [9.17, 15) is 4.79 Å². The van der Waals surface area contributed by atoms with Crippen LogP contribution in [0.2, 0.25) is 0 Å². The predicted octanol–water partition coefficient (Wildman–Crippen LogP) is 3.14. The minimum absolute atomic E-state index is 0.138. The third-order valence-electron chi connectivity index (χ3n) is 3.00. The van der Waals surface area contributed by atoms with E-state index >= 15 is 0 Å². The van der Waals surface area contributed by atoms with Gasteiger partial charge in [0.25, 0.3) is 0 Å². The van der Waals surface area contributed by atoms with Gasteiger partial charge in [0.05, 0.1) is 6.61 Å². The molecule has 1 amide bonds. The van der Waals surface area contributed by atoms with Crippen molar-refractivity contribution < 1.29 is 9.53 Å². The Morgan fingerprint density at radius 2 is 1.90 bits per heavy atom. The van der Waals surface area contributed by atoms with Gasteiger partial charge in [-0.2, -0.15) is 0 Å². The molecule has 2 aromatic rings. The van der Waals surface area contributed by atoms with Crippen molar-refractivity contribution in [1.29, 1.82) is 0 Å². The average Bonchev–Trinajstić information content (AvgIpc) is 2.46. The molecule has 0 aromatic heterocycles. The van der Waals surface area contributed by atoms with Gasteiger partial charge in [-0.1, -0.05) is 28.1 Å². The fraction of sp³-hybridized carbons (Fsp3) is 0.267. The summed E-state index contributed by atoms with van der Waals surface area (Å²) in [6, 6.07) is 12.2. The lowest BCUT2D eigenvalue weighted by Gasteiger charge is -2.07. The smallest absolute Gasteiger partial charge is 0.233 e. The lowest BCUT2D eigenvalue weighted by molar-refractivity contribution is -0.121. The first-order valence-electron chi connectivity index (χ1n) is 6.50. The highest BCUT2D eigenvalue weighted by molar-refractivity contribution is 9.10. The first-order chi connectivity index (χ1) is 9.69. The molecule has 2 rings (SSSR count). The van der Waals surface area contributed by atoms with Crippen LogP contribution in [0.25, 0.3) is 10.8 Å². The molecule has 0 unspecified atom stereocenters. The highest BCUT2D eigenvalue weighted by atomic mass is 79.9. The van der Waals surface area contributed by atoms with Crippen LogP contribution in [0.15, 0.2) is 40.9 Å². The number of ether oxygens (including phenoxy) is 1. The Hall–Kier alpha value is -1.59. The van der Waals surface area contributed by atoms with Crippen LogP contribution in [0.5, 0.6) is 5.75 Å². The van der Waals surface area contributed by atoms with Crippen molar-refractivity contribution in [3.8, 4) is 5.75 Å². The van der Waals surface area contributed by atoms with Crippen LogP contribution in [-0.4, -0.2) is 12.5 Å². The normalized spacial score (nSPS) is 10.5. The molecule has 0 atom stereocenters. The summed E-state index contributed by atoms with van der Waals surface area (Å²) in [6.45, 7) is 0.597. The number of benzene rings is 2. The number of unbranched alkanes of at least 4 members (excludes halogenated alkanes) is 1. The third-order valence-corrected chi connectivity index (χ3v) is 3.49. The summed E-state index contributed by atoms with van der Waals surface area (Å²) in [5, 5.41) is 2.32. The number of halogens is 1. The molecule has 0 aliphatic carbocycles. The number of carbonyl (C=O) groups excluding carboxylic acids is 1. The summed E-state index contributed by atoms with van der Waals surface area (Å²) < 4.78 is 6.75. The average molecular weight is 337 g/mol. The van der Waals surface area contributed by atoms with Crippen molar-refractivity contribution in [2.75, 3.05) is 6.61 Å². The molecule has 5 heteroatoms. The fourth-order valence-corrected chi connectivity index (χ4v) is 2.31. The molecule has 0 saturated heterocycles. The van der Waals surface area contributed by atoms with E-state index in [4.69, 9.17) is 10.6 Å². The molecule has 3 N–H and O–H groups in total. The Labute approximate surface area is 126 Å². The molecule has 0 aliphatic heterocycles. The number of nitrogens with one attached hydrogen (secondary N) is 1. The summed E-state index contributed by atoms with van der Waals surface area (Å²) in [7, 11) is 0. The van der Waals surface area contributed by atoms with Crippen molar-refractivity contribution in [3.05, 3.63) is 40.9 Å². The van der Waals surface area contributed by atoms with Crippen LogP contribution in [0.3, 0.4) is 0 Å². The van der Waals surface area contributed by atoms with Gasteiger partial charge in [0.1, 0.15) is 5.75 Å². The number of hydrogen-bond donors (Lipinski definition) is 2. The summed E-state index contributed by atoms with van der Waals surface area (Å²) in [4.78, 5) is 10.9. The van der Waals surface area contributed by atoms with Crippen LogP contribution >= 0.6 is 15.9 Å². The van der Waals surface area contributed by atoms with Crippen LogP contribution in [0.4, 0.5) is 0 Å². The van der Waals surface area contributed by atoms with Crippen molar-refractivity contribution in [3.63, 3.8) is 0 Å². The first-order valence-corrected chi connectivity index (χ1v) is 7.30. The summed E-state index contributed by atoms with van der Waals surface area (Å²) >= 11 is 3.45. The van der Waals surface area contributed by atoms with E-state index in [1.807, 2.05) is 24.3 Å². The van der Waals surface area contributed by atoms with E-state index in [-0.39, 0.29) is 5.91 Å². The van der Waals surface area contributed by atoms with E-state index in [1.54, 1.807) is 0 Å². The minimum Gasteiger partial charge on any atom is -0.494 e. The van der Waals surface area contributed by atoms with E-state index in [0.29, 0.717) is 13.0 Å². The van der Waals surface area contributed by atoms with Crippen LogP contribution in [0, 0.1) is 0 Å². The molecule has 0 fully saturated rings. The summed E-state index contributed by atoms with van der Waals surface area (Å²) in [5.74, 6) is 5.72. The fourth-order valence-electron chi connectivity index (χ4n) is 1.93. The van der Waals surface area contributed by atoms with Gasteiger partial charge in [-0.3, -0.25) is 10.2 Å². The van der Waals surface area contributed by atoms with Crippen LogP contribution in [0.1, 0.15) is 19.3 Å². The monoisotopic (exact) mass is 336 g/mol. The van der Waals surface area contributed by atoms with Crippen molar-refractivity contribution in [1.82, 2.24) is 5.43 Å². The topological polar surface area (TPSA) is 64.3 Å². The van der Waals surface area contributed by atoms with Gasteiger partial charge in [0.2, 0.25) is 5.91 Å². The van der Waals surface area contributed by atoms with Crippen molar-refractivity contribution >= 4 is 32.6 Å². The van der Waals surface area contributed by atoms with Gasteiger partial charge in [0, 0.05) is 10.9 Å². The van der Waals surface area contributed by atoms with Gasteiger partial charge in [-0.05, 0) is 47.9 Å². The standard InChI is InChI=1S/C15H17BrN2O2/c16-13-6-4-12-10-14(7-5-11(12)9-13)20-8-2-1-3-15(19)18-17/h4-7,9-10H,1-3,8,17H2,(H,18,19). The maximum absolute atomic E-state index is 10.9. The zero-order valence-electron chi connectivity index (χ0n) is 11.1. The number of amides is 1. The largest absolute Gasteiger partial charge is 0.494 e. The molecule has 0 bridgehead atoms. The lowest BCUT2D eigenvalue weighted by Crippen LogP contribution is -2.29. The van der Waals surface area contributed by atoms with Crippen molar-refractivity contribution in [2.45, 2.75) is 19.3 Å². The lowest BCUT2D eigenvalue weighted by atomic mass is 10.1. The molecule has 4 nitrogen and oxygen atoms in total. The van der Waals surface area contributed by atoms with Gasteiger partial charge in [0.15, 0.2) is 0 Å². The van der Waals surface area contributed by atoms with Crippen molar-refractivity contribution in [2.24, 2.45) is 5.84 Å². The highest BCUT2D eigenvalue weighted by Crippen LogP contribution is 2.24. The highest BCUT2D eigenvalue weighted by Gasteiger charge is 2.00. The Morgan fingerprint density at radius 3 is 2.70 bits per heavy atom. The number of nitrogens with two attached hydrogens (primary N) is 1. The van der Waals surface area contributed by atoms with E-state index in [0.717, 1.165) is 28.5 Å². The predicted molar refractivity (Wildman–Crippen MR) is 83.3 cm³/mol. The first kappa shape index (κ1) is 14.8.